The maximum Gasteiger partial charge on any atom is 0.305 e. The molecule has 1 saturated heterocycles. The molecule has 1 amide bonds. The minimum atomic E-state index is -1.02. The Balaban J connectivity index is 1.65. The van der Waals surface area contributed by atoms with Crippen molar-refractivity contribution in [1.29, 1.82) is 0 Å². The van der Waals surface area contributed by atoms with E-state index in [1.165, 1.54) is 0 Å². The van der Waals surface area contributed by atoms with Crippen LogP contribution in [0.5, 0.6) is 0 Å². The molecule has 1 aromatic heterocycles. The molecular formula is C20H18N4O3S. The molecule has 142 valence electrons. The fourth-order valence-electron chi connectivity index (χ4n) is 3.41. The van der Waals surface area contributed by atoms with Gasteiger partial charge in [0.2, 0.25) is 5.91 Å². The Hall–Kier alpha value is -3.13. The van der Waals surface area contributed by atoms with E-state index in [9.17, 15) is 9.59 Å². The number of H-pyrrole nitrogens is 1. The maximum atomic E-state index is 11.8. The summed E-state index contributed by atoms with van der Waals surface area (Å²) >= 11 is 1.09. The van der Waals surface area contributed by atoms with Crippen LogP contribution in [0.1, 0.15) is 23.1 Å². The van der Waals surface area contributed by atoms with E-state index in [1.54, 1.807) is 6.21 Å². The summed E-state index contributed by atoms with van der Waals surface area (Å²) in [6, 6.07) is 10.2. The number of amidine groups is 1. The summed E-state index contributed by atoms with van der Waals surface area (Å²) in [7, 11) is 0. The van der Waals surface area contributed by atoms with Crippen LogP contribution in [0.15, 0.2) is 40.5 Å². The van der Waals surface area contributed by atoms with Crippen LogP contribution in [0, 0.1) is 13.8 Å². The molecule has 1 atom stereocenters. The molecule has 0 aliphatic carbocycles. The third-order valence-corrected chi connectivity index (χ3v) is 5.83. The monoisotopic (exact) mass is 394 g/mol. The van der Waals surface area contributed by atoms with Gasteiger partial charge in [0.15, 0.2) is 5.17 Å². The van der Waals surface area contributed by atoms with Crippen LogP contribution in [0.2, 0.25) is 0 Å². The van der Waals surface area contributed by atoms with Crippen molar-refractivity contribution in [2.75, 3.05) is 0 Å². The van der Waals surface area contributed by atoms with Gasteiger partial charge in [0.25, 0.3) is 0 Å². The number of rotatable bonds is 4. The molecule has 0 bridgehead atoms. The van der Waals surface area contributed by atoms with Gasteiger partial charge in [-0.15, -0.1) is 5.10 Å². The van der Waals surface area contributed by atoms with E-state index >= 15 is 0 Å². The van der Waals surface area contributed by atoms with Crippen molar-refractivity contribution in [3.8, 4) is 0 Å². The van der Waals surface area contributed by atoms with Gasteiger partial charge in [-0.2, -0.15) is 5.10 Å². The number of fused-ring (bicyclic) bond motifs is 3. The summed E-state index contributed by atoms with van der Waals surface area (Å²) in [5, 5.41) is 21.5. The van der Waals surface area contributed by atoms with Crippen LogP contribution in [-0.4, -0.2) is 38.6 Å². The van der Waals surface area contributed by atoms with Gasteiger partial charge >= 0.3 is 5.97 Å². The fraction of sp³-hybridized carbons (Fsp3) is 0.200. The lowest BCUT2D eigenvalue weighted by atomic mass is 9.99. The van der Waals surface area contributed by atoms with Crippen LogP contribution in [-0.2, 0) is 9.59 Å². The Bertz CT molecular complexity index is 1180. The van der Waals surface area contributed by atoms with E-state index < -0.39 is 11.2 Å². The van der Waals surface area contributed by atoms with Gasteiger partial charge in [-0.25, -0.2) is 0 Å². The lowest BCUT2D eigenvalue weighted by Gasteiger charge is -2.05. The van der Waals surface area contributed by atoms with E-state index in [2.05, 4.69) is 32.6 Å². The lowest BCUT2D eigenvalue weighted by Crippen LogP contribution is -2.26. The molecule has 1 aliphatic heterocycles. The van der Waals surface area contributed by atoms with Crippen LogP contribution in [0.25, 0.3) is 21.8 Å². The van der Waals surface area contributed by atoms with Gasteiger partial charge in [0, 0.05) is 21.8 Å². The number of benzene rings is 2. The fourth-order valence-corrected chi connectivity index (χ4v) is 4.32. The van der Waals surface area contributed by atoms with Crippen LogP contribution in [0.4, 0.5) is 0 Å². The number of nitrogens with zero attached hydrogens (tertiary/aromatic N) is 2. The number of hydrogen-bond donors (Lipinski definition) is 3. The number of hydrogen-bond acceptors (Lipinski definition) is 5. The van der Waals surface area contributed by atoms with Gasteiger partial charge in [0.05, 0.1) is 12.6 Å². The van der Waals surface area contributed by atoms with Crippen molar-refractivity contribution >= 4 is 56.8 Å². The normalized spacial score (nSPS) is 18.6. The molecule has 0 saturated carbocycles. The standard InChI is InChI=1S/C20H18N4O3S/c1-10-7-12(9-21-24-20-23-19(27)15(28-20)8-16(25)26)11(2)17-13-5-3-4-6-14(13)22-18(10)17/h3-7,9,15,22H,8H2,1-2H3,(H,25,26)(H,23,24,27). The number of thioether (sulfide) groups is 1. The van der Waals surface area contributed by atoms with Crippen LogP contribution >= 0.6 is 11.8 Å². The molecule has 1 unspecified atom stereocenters. The number of nitrogens with one attached hydrogen (secondary N) is 2. The van der Waals surface area contributed by atoms with Gasteiger partial charge in [-0.3, -0.25) is 9.59 Å². The van der Waals surface area contributed by atoms with Crippen molar-refractivity contribution in [3.63, 3.8) is 0 Å². The largest absolute Gasteiger partial charge is 0.481 e. The molecule has 4 rings (SSSR count). The number of amides is 1. The summed E-state index contributed by atoms with van der Waals surface area (Å²) in [4.78, 5) is 26.0. The molecule has 0 radical (unpaired) electrons. The highest BCUT2D eigenvalue weighted by Gasteiger charge is 2.32. The molecule has 3 N–H and O–H groups in total. The lowest BCUT2D eigenvalue weighted by molar-refractivity contribution is -0.138. The number of para-hydroxylation sites is 1. The number of carboxylic acid groups (broad SMARTS) is 1. The van der Waals surface area contributed by atoms with Crippen molar-refractivity contribution in [1.82, 2.24) is 10.3 Å². The van der Waals surface area contributed by atoms with Crippen molar-refractivity contribution < 1.29 is 14.7 Å². The van der Waals surface area contributed by atoms with E-state index in [0.717, 1.165) is 50.3 Å². The molecule has 0 spiro atoms. The zero-order valence-electron chi connectivity index (χ0n) is 15.3. The summed E-state index contributed by atoms with van der Waals surface area (Å²) in [6.07, 6.45) is 1.42. The van der Waals surface area contributed by atoms with Gasteiger partial charge in [0.1, 0.15) is 5.25 Å². The Morgan fingerprint density at radius 1 is 1.32 bits per heavy atom. The zero-order valence-corrected chi connectivity index (χ0v) is 16.1. The highest BCUT2D eigenvalue weighted by molar-refractivity contribution is 8.15. The third-order valence-electron chi connectivity index (χ3n) is 4.76. The van der Waals surface area contributed by atoms with E-state index in [1.807, 2.05) is 32.0 Å². The Morgan fingerprint density at radius 3 is 2.89 bits per heavy atom. The first-order valence-electron chi connectivity index (χ1n) is 8.75. The smallest absolute Gasteiger partial charge is 0.305 e. The molecule has 2 heterocycles. The molecule has 28 heavy (non-hydrogen) atoms. The summed E-state index contributed by atoms with van der Waals surface area (Å²) in [5.41, 5.74) is 5.34. The molecule has 8 heteroatoms. The number of aryl methyl sites for hydroxylation is 2. The second-order valence-electron chi connectivity index (χ2n) is 6.67. The molecule has 1 aliphatic rings. The number of aliphatic carboxylic acids is 1. The summed E-state index contributed by atoms with van der Waals surface area (Å²) in [6.45, 7) is 4.09. The molecule has 7 nitrogen and oxygen atoms in total. The first-order valence-corrected chi connectivity index (χ1v) is 9.63. The first kappa shape index (κ1) is 18.2. The van der Waals surface area contributed by atoms with Gasteiger partial charge < -0.3 is 15.4 Å². The van der Waals surface area contributed by atoms with Crippen LogP contribution in [0.3, 0.4) is 0 Å². The highest BCUT2D eigenvalue weighted by atomic mass is 32.2. The van der Waals surface area contributed by atoms with E-state index in [-0.39, 0.29) is 12.3 Å². The van der Waals surface area contributed by atoms with E-state index in [0.29, 0.717) is 5.17 Å². The van der Waals surface area contributed by atoms with Crippen molar-refractivity contribution in [3.05, 3.63) is 47.0 Å². The predicted molar refractivity (Wildman–Crippen MR) is 112 cm³/mol. The number of carboxylic acids is 1. The Kier molecular flexibility index (Phi) is 4.64. The predicted octanol–water partition coefficient (Wildman–Crippen LogP) is 3.33. The number of aromatic amines is 1. The molecule has 3 aromatic rings. The third kappa shape index (κ3) is 3.27. The van der Waals surface area contributed by atoms with E-state index in [4.69, 9.17) is 5.11 Å². The minimum Gasteiger partial charge on any atom is -0.481 e. The van der Waals surface area contributed by atoms with Crippen molar-refractivity contribution in [2.24, 2.45) is 10.2 Å². The average molecular weight is 394 g/mol. The summed E-state index contributed by atoms with van der Waals surface area (Å²) in [5.74, 6) is -1.37. The molecular weight excluding hydrogens is 376 g/mol. The maximum absolute atomic E-state index is 11.8. The Morgan fingerprint density at radius 2 is 2.11 bits per heavy atom. The van der Waals surface area contributed by atoms with Crippen LogP contribution < -0.4 is 5.32 Å². The highest BCUT2D eigenvalue weighted by Crippen LogP contribution is 2.31. The minimum absolute atomic E-state index is 0.241. The zero-order chi connectivity index (χ0) is 19.8. The Labute approximate surface area is 164 Å². The number of carbonyl (C=O) groups is 2. The molecule has 2 aromatic carbocycles. The van der Waals surface area contributed by atoms with Crippen molar-refractivity contribution in [2.45, 2.75) is 25.5 Å². The first-order chi connectivity index (χ1) is 13.4. The van der Waals surface area contributed by atoms with Gasteiger partial charge in [-0.05, 0) is 42.7 Å². The summed E-state index contributed by atoms with van der Waals surface area (Å²) < 4.78 is 0. The number of aromatic nitrogens is 1. The number of carbonyl (C=O) groups excluding carboxylic acids is 1. The topological polar surface area (TPSA) is 107 Å². The second-order valence-corrected chi connectivity index (χ2v) is 7.86. The second kappa shape index (κ2) is 7.12. The molecule has 1 fully saturated rings. The average Bonchev–Trinajstić information content (AvgIpc) is 3.20. The quantitative estimate of drug-likeness (QED) is 0.466. The van der Waals surface area contributed by atoms with Gasteiger partial charge in [-0.1, -0.05) is 30.0 Å². The SMILES string of the molecule is Cc1cc(C=NN=C2NC(=O)C(CC(=O)O)S2)c(C)c2c1[nH]c1ccccc12.